The summed E-state index contributed by atoms with van der Waals surface area (Å²) in [6, 6.07) is 9.53. The molecular formula is C17H15Cl2N3O3. The first kappa shape index (κ1) is 17.5. The van der Waals surface area contributed by atoms with Gasteiger partial charge < -0.3 is 9.72 Å². The van der Waals surface area contributed by atoms with Crippen molar-refractivity contribution in [2.45, 2.75) is 18.8 Å². The highest BCUT2D eigenvalue weighted by atomic mass is 35.5. The second kappa shape index (κ2) is 7.29. The fourth-order valence-corrected chi connectivity index (χ4v) is 3.10. The van der Waals surface area contributed by atoms with E-state index < -0.39 is 11.5 Å². The van der Waals surface area contributed by atoms with Crippen molar-refractivity contribution in [3.8, 4) is 0 Å². The van der Waals surface area contributed by atoms with E-state index in [2.05, 4.69) is 10.1 Å². The van der Waals surface area contributed by atoms with E-state index >= 15 is 0 Å². The number of alkyl halides is 1. The average Bonchev–Trinajstić information content (AvgIpc) is 2.99. The Morgan fingerprint density at radius 2 is 2.08 bits per heavy atom. The summed E-state index contributed by atoms with van der Waals surface area (Å²) in [4.78, 5) is 26.8. The van der Waals surface area contributed by atoms with Crippen molar-refractivity contribution < 1.29 is 9.53 Å². The monoisotopic (exact) mass is 379 g/mol. The first-order chi connectivity index (χ1) is 12.0. The van der Waals surface area contributed by atoms with Gasteiger partial charge in [0.15, 0.2) is 0 Å². The minimum atomic E-state index is -0.761. The fourth-order valence-electron chi connectivity index (χ4n) is 2.53. The first-order valence-corrected chi connectivity index (χ1v) is 8.47. The van der Waals surface area contributed by atoms with Crippen LogP contribution in [-0.4, -0.2) is 27.3 Å². The second-order valence-corrected chi connectivity index (χ2v) is 6.24. The molecule has 1 aromatic carbocycles. The maximum atomic E-state index is 12.3. The van der Waals surface area contributed by atoms with Gasteiger partial charge in [0, 0.05) is 0 Å². The molecule has 2 heterocycles. The van der Waals surface area contributed by atoms with E-state index in [1.54, 1.807) is 11.6 Å². The molecule has 0 amide bonds. The Balaban J connectivity index is 2.00. The summed E-state index contributed by atoms with van der Waals surface area (Å²) in [5, 5.41) is 4.38. The van der Waals surface area contributed by atoms with E-state index in [9.17, 15) is 9.59 Å². The van der Waals surface area contributed by atoms with Gasteiger partial charge in [-0.25, -0.2) is 9.48 Å². The predicted octanol–water partition coefficient (Wildman–Crippen LogP) is 3.53. The summed E-state index contributed by atoms with van der Waals surface area (Å²) in [5.74, 6) is -0.761. The van der Waals surface area contributed by atoms with Crippen LogP contribution in [0, 0.1) is 0 Å². The molecule has 0 aliphatic carbocycles. The van der Waals surface area contributed by atoms with E-state index in [4.69, 9.17) is 27.9 Å². The van der Waals surface area contributed by atoms with Gasteiger partial charge in [0.1, 0.15) is 11.2 Å². The smallest absolute Gasteiger partial charge is 0.345 e. The number of fused-ring (bicyclic) bond motifs is 1. The Labute approximate surface area is 153 Å². The topological polar surface area (TPSA) is 77.0 Å². The van der Waals surface area contributed by atoms with Crippen LogP contribution in [0.1, 0.15) is 28.2 Å². The van der Waals surface area contributed by atoms with Crippen LogP contribution >= 0.6 is 23.2 Å². The highest BCUT2D eigenvalue weighted by Gasteiger charge is 2.22. The third-order valence-corrected chi connectivity index (χ3v) is 4.51. The Bertz CT molecular complexity index is 966. The lowest BCUT2D eigenvalue weighted by atomic mass is 10.1. The quantitative estimate of drug-likeness (QED) is 0.543. The summed E-state index contributed by atoms with van der Waals surface area (Å²) in [6.07, 6.45) is 1.49. The number of halogens is 2. The Morgan fingerprint density at radius 1 is 1.36 bits per heavy atom. The van der Waals surface area contributed by atoms with Crippen LogP contribution in [0.3, 0.4) is 0 Å². The lowest BCUT2D eigenvalue weighted by Crippen LogP contribution is -2.21. The molecule has 0 bridgehead atoms. The van der Waals surface area contributed by atoms with Crippen LogP contribution in [0.5, 0.6) is 0 Å². The Kier molecular flexibility index (Phi) is 5.11. The molecule has 3 aromatic rings. The lowest BCUT2D eigenvalue weighted by molar-refractivity contribution is 0.0524. The molecular weight excluding hydrogens is 365 g/mol. The van der Waals surface area contributed by atoms with Crippen molar-refractivity contribution >= 4 is 40.2 Å². The van der Waals surface area contributed by atoms with Crippen molar-refractivity contribution in [3.05, 3.63) is 63.0 Å². The molecule has 1 atom stereocenters. The zero-order valence-corrected chi connectivity index (χ0v) is 14.8. The van der Waals surface area contributed by atoms with Crippen molar-refractivity contribution in [1.29, 1.82) is 0 Å². The largest absolute Gasteiger partial charge is 0.462 e. The normalized spacial score (nSPS) is 12.3. The number of ether oxygens (including phenoxy) is 1. The molecule has 1 N–H and O–H groups in total. The van der Waals surface area contributed by atoms with Gasteiger partial charge in [-0.05, 0) is 12.5 Å². The van der Waals surface area contributed by atoms with E-state index in [-0.39, 0.29) is 22.6 Å². The van der Waals surface area contributed by atoms with Crippen molar-refractivity contribution in [2.75, 3.05) is 6.61 Å². The molecule has 3 rings (SSSR count). The summed E-state index contributed by atoms with van der Waals surface area (Å²) in [5.41, 5.74) is 0.499. The predicted molar refractivity (Wildman–Crippen MR) is 96.4 cm³/mol. The molecule has 0 fully saturated rings. The number of esters is 1. The molecule has 0 radical (unpaired) electrons. The van der Waals surface area contributed by atoms with Gasteiger partial charge in [-0.2, -0.15) is 5.10 Å². The zero-order valence-electron chi connectivity index (χ0n) is 13.3. The van der Waals surface area contributed by atoms with Crippen LogP contribution in [-0.2, 0) is 11.3 Å². The number of nitrogens with one attached hydrogen (secondary N) is 1. The molecule has 8 heteroatoms. The van der Waals surface area contributed by atoms with E-state index in [0.717, 1.165) is 5.56 Å². The number of aromatic amines is 1. The SMILES string of the molecule is CCOC(=O)c1c(Cl)c2cnn(CC(Cl)c3ccccc3)c2[nH]c1=O. The number of carbonyl (C=O) groups is 1. The molecule has 0 aliphatic rings. The summed E-state index contributed by atoms with van der Waals surface area (Å²) in [7, 11) is 0. The second-order valence-electron chi connectivity index (χ2n) is 5.33. The first-order valence-electron chi connectivity index (χ1n) is 7.66. The van der Waals surface area contributed by atoms with Crippen LogP contribution in [0.4, 0.5) is 0 Å². The Morgan fingerprint density at radius 3 is 2.76 bits per heavy atom. The molecule has 25 heavy (non-hydrogen) atoms. The molecule has 2 aromatic heterocycles. The number of aromatic nitrogens is 3. The molecule has 0 saturated heterocycles. The summed E-state index contributed by atoms with van der Waals surface area (Å²) in [6.45, 7) is 2.14. The number of pyridine rings is 1. The highest BCUT2D eigenvalue weighted by Crippen LogP contribution is 2.27. The average molecular weight is 380 g/mol. The molecule has 0 aliphatic heterocycles. The van der Waals surface area contributed by atoms with Crippen LogP contribution < -0.4 is 5.56 Å². The van der Waals surface area contributed by atoms with Gasteiger partial charge in [0.05, 0.1) is 35.1 Å². The van der Waals surface area contributed by atoms with Gasteiger partial charge in [-0.15, -0.1) is 11.6 Å². The minimum Gasteiger partial charge on any atom is -0.462 e. The maximum absolute atomic E-state index is 12.3. The fraction of sp³-hybridized carbons (Fsp3) is 0.235. The lowest BCUT2D eigenvalue weighted by Gasteiger charge is -2.11. The van der Waals surface area contributed by atoms with E-state index in [1.165, 1.54) is 6.20 Å². The standard InChI is InChI=1S/C17H15Cl2N3O3/c1-2-25-17(24)13-14(19)11-8-20-22(15(11)21-16(13)23)9-12(18)10-6-4-3-5-7-10/h3-8,12H,2,9H2,1H3,(H,21,23). The van der Waals surface area contributed by atoms with Crippen LogP contribution in [0.15, 0.2) is 41.3 Å². The summed E-state index contributed by atoms with van der Waals surface area (Å²) >= 11 is 12.7. The zero-order chi connectivity index (χ0) is 18.0. The maximum Gasteiger partial charge on any atom is 0.345 e. The van der Waals surface area contributed by atoms with E-state index in [0.29, 0.717) is 17.6 Å². The number of hydrogen-bond donors (Lipinski definition) is 1. The molecule has 0 saturated carbocycles. The third-order valence-electron chi connectivity index (χ3n) is 3.73. The van der Waals surface area contributed by atoms with Gasteiger partial charge in [0.2, 0.25) is 0 Å². The molecule has 130 valence electrons. The number of nitrogens with zero attached hydrogens (tertiary/aromatic N) is 2. The van der Waals surface area contributed by atoms with Crippen LogP contribution in [0.25, 0.3) is 11.0 Å². The summed E-state index contributed by atoms with van der Waals surface area (Å²) < 4.78 is 6.43. The van der Waals surface area contributed by atoms with Crippen molar-refractivity contribution in [1.82, 2.24) is 14.8 Å². The Hall–Kier alpha value is -2.31. The molecule has 1 unspecified atom stereocenters. The number of hydrogen-bond acceptors (Lipinski definition) is 4. The van der Waals surface area contributed by atoms with E-state index in [1.807, 2.05) is 30.3 Å². The number of benzene rings is 1. The van der Waals surface area contributed by atoms with Gasteiger partial charge >= 0.3 is 5.97 Å². The van der Waals surface area contributed by atoms with Gasteiger partial charge in [-0.1, -0.05) is 41.9 Å². The number of H-pyrrole nitrogens is 1. The molecule has 6 nitrogen and oxygen atoms in total. The number of rotatable bonds is 5. The van der Waals surface area contributed by atoms with Gasteiger partial charge in [-0.3, -0.25) is 4.79 Å². The minimum absolute atomic E-state index is 0.0225. The van der Waals surface area contributed by atoms with Crippen LogP contribution in [0.2, 0.25) is 5.02 Å². The third kappa shape index (κ3) is 3.41. The van der Waals surface area contributed by atoms with Crippen molar-refractivity contribution in [3.63, 3.8) is 0 Å². The van der Waals surface area contributed by atoms with Gasteiger partial charge in [0.25, 0.3) is 5.56 Å². The van der Waals surface area contributed by atoms with Crippen molar-refractivity contribution in [2.24, 2.45) is 0 Å². The highest BCUT2D eigenvalue weighted by molar-refractivity contribution is 6.38. The molecule has 0 spiro atoms. The number of carbonyl (C=O) groups excluding carboxylic acids is 1.